The molecule has 0 aromatic heterocycles. The molecule has 0 heterocycles. The van der Waals surface area contributed by atoms with Crippen molar-refractivity contribution in [1.29, 1.82) is 0 Å². The van der Waals surface area contributed by atoms with Gasteiger partial charge in [0, 0.05) is 0 Å². The molecule has 0 saturated heterocycles. The molecule has 0 bridgehead atoms. The number of rotatable bonds is 16. The van der Waals surface area contributed by atoms with E-state index in [1.54, 1.807) is 0 Å². The van der Waals surface area contributed by atoms with Gasteiger partial charge in [-0.2, -0.15) is 0 Å². The van der Waals surface area contributed by atoms with Gasteiger partial charge in [-0.3, -0.25) is 0 Å². The fourth-order valence-electron chi connectivity index (χ4n) is 3.94. The molecule has 1 aliphatic rings. The number of allylic oxidation sites excluding steroid dienone is 1. The number of hydrogen-bond donors (Lipinski definition) is 1. The van der Waals surface area contributed by atoms with E-state index in [1.165, 1.54) is 25.3 Å². The van der Waals surface area contributed by atoms with E-state index in [4.69, 9.17) is 14.7 Å². The Morgan fingerprint density at radius 2 is 1.78 bits per heavy atom. The van der Waals surface area contributed by atoms with E-state index >= 15 is 0 Å². The van der Waals surface area contributed by atoms with E-state index in [0.29, 0.717) is 23.9 Å². The molecular weight excluding hydrogens is 432 g/mol. The van der Waals surface area contributed by atoms with Crippen LogP contribution in [0, 0.1) is 11.8 Å². The fourth-order valence-corrected chi connectivity index (χ4v) is 4.40. The summed E-state index contributed by atoms with van der Waals surface area (Å²) in [5.41, 5.74) is -0.267. The van der Waals surface area contributed by atoms with Gasteiger partial charge in [-0.15, -0.1) is 4.33 Å². The van der Waals surface area contributed by atoms with Gasteiger partial charge in [-0.1, -0.05) is 89.5 Å². The van der Waals surface area contributed by atoms with E-state index in [0.717, 1.165) is 44.9 Å². The molecule has 8 heteroatoms. The maximum atomic E-state index is 12.8. The second kappa shape index (κ2) is 16.9. The Labute approximate surface area is 196 Å². The number of carbonyl (C=O) groups excluding carboxylic acids is 2. The second-order valence-electron chi connectivity index (χ2n) is 8.06. The fraction of sp³-hybridized carbons (Fsp3) is 0.667. The van der Waals surface area contributed by atoms with Crippen molar-refractivity contribution in [3.63, 3.8) is 0 Å². The van der Waals surface area contributed by atoms with Crippen LogP contribution in [0.4, 0.5) is 0 Å². The minimum atomic E-state index is -0.727. The molecule has 1 N–H and O–H groups in total. The van der Waals surface area contributed by atoms with Gasteiger partial charge in [0.15, 0.2) is 0 Å². The van der Waals surface area contributed by atoms with Crippen LogP contribution < -0.4 is 0 Å². The molecule has 0 aromatic rings. The smallest absolute Gasteiger partial charge is 0.340 e. The SMILES string of the molecule is C=CC(SOOO)=C(C(=C)C(=O)OCCC1CCCCC1)C(=O)OCCC(CC)CCC. The van der Waals surface area contributed by atoms with Crippen LogP contribution in [0.1, 0.15) is 78.1 Å². The van der Waals surface area contributed by atoms with Crippen LogP contribution in [0.15, 0.2) is 35.3 Å². The average molecular weight is 471 g/mol. The van der Waals surface area contributed by atoms with Crippen molar-refractivity contribution in [2.24, 2.45) is 11.8 Å². The van der Waals surface area contributed by atoms with E-state index in [-0.39, 0.29) is 29.3 Å². The Balaban J connectivity index is 2.79. The van der Waals surface area contributed by atoms with Crippen LogP contribution in [-0.4, -0.2) is 30.4 Å². The number of esters is 2. The van der Waals surface area contributed by atoms with Crippen LogP contribution >= 0.6 is 12.0 Å². The molecular formula is C24H38O7S. The van der Waals surface area contributed by atoms with Gasteiger partial charge in [0.1, 0.15) is 0 Å². The highest BCUT2D eigenvalue weighted by atomic mass is 32.2. The van der Waals surface area contributed by atoms with Crippen molar-refractivity contribution in [2.45, 2.75) is 78.1 Å². The number of hydrogen-bond acceptors (Lipinski definition) is 8. The second-order valence-corrected chi connectivity index (χ2v) is 8.81. The van der Waals surface area contributed by atoms with Gasteiger partial charge in [-0.25, -0.2) is 14.8 Å². The van der Waals surface area contributed by atoms with Gasteiger partial charge in [0.2, 0.25) is 0 Å². The third-order valence-electron chi connectivity index (χ3n) is 5.86. The zero-order chi connectivity index (χ0) is 23.8. The summed E-state index contributed by atoms with van der Waals surface area (Å²) >= 11 is 0.523. The first kappa shape index (κ1) is 28.4. The highest BCUT2D eigenvalue weighted by Crippen LogP contribution is 2.29. The summed E-state index contributed by atoms with van der Waals surface area (Å²) in [7, 11) is 0. The van der Waals surface area contributed by atoms with Gasteiger partial charge in [0.25, 0.3) is 0 Å². The Hall–Kier alpha value is -1.61. The molecule has 1 rings (SSSR count). The maximum Gasteiger partial charge on any atom is 0.340 e. The topological polar surface area (TPSA) is 91.3 Å². The standard InChI is InChI=1S/C24H38O7S/c1-5-11-19(6-2)14-16-29-24(26)22(21(7-3)32-31-30-27)18(4)23(25)28-17-15-20-12-9-8-10-13-20/h7,19-20,27H,3-6,8-17H2,1-2H3. The minimum absolute atomic E-state index is 0.117. The molecule has 32 heavy (non-hydrogen) atoms. The molecule has 0 amide bonds. The highest BCUT2D eigenvalue weighted by molar-refractivity contribution is 7.98. The highest BCUT2D eigenvalue weighted by Gasteiger charge is 2.26. The van der Waals surface area contributed by atoms with E-state index in [9.17, 15) is 9.59 Å². The summed E-state index contributed by atoms with van der Waals surface area (Å²) in [6, 6.07) is 0. The van der Waals surface area contributed by atoms with Gasteiger partial charge in [-0.05, 0) is 24.7 Å². The maximum absolute atomic E-state index is 12.8. The van der Waals surface area contributed by atoms with Crippen LogP contribution in [-0.2, 0) is 28.4 Å². The predicted octanol–water partition coefficient (Wildman–Crippen LogP) is 6.33. The number of carbonyl (C=O) groups is 2. The Morgan fingerprint density at radius 3 is 2.38 bits per heavy atom. The molecule has 1 atom stereocenters. The van der Waals surface area contributed by atoms with Crippen molar-refractivity contribution in [2.75, 3.05) is 13.2 Å². The lowest BCUT2D eigenvalue weighted by Gasteiger charge is -2.21. The first-order chi connectivity index (χ1) is 15.5. The molecule has 1 saturated carbocycles. The minimum Gasteiger partial charge on any atom is -0.462 e. The zero-order valence-corrected chi connectivity index (χ0v) is 20.3. The summed E-state index contributed by atoms with van der Waals surface area (Å²) in [5, 5.41) is 12.1. The molecule has 1 aliphatic carbocycles. The largest absolute Gasteiger partial charge is 0.462 e. The van der Waals surface area contributed by atoms with Crippen molar-refractivity contribution < 1.29 is 33.7 Å². The summed E-state index contributed by atoms with van der Waals surface area (Å²) < 4.78 is 15.3. The normalized spacial score (nSPS) is 16.1. The molecule has 0 radical (unpaired) electrons. The Bertz CT molecular complexity index is 638. The summed E-state index contributed by atoms with van der Waals surface area (Å²) in [6.45, 7) is 12.1. The first-order valence-electron chi connectivity index (χ1n) is 11.5. The Kier molecular flexibility index (Phi) is 15.1. The van der Waals surface area contributed by atoms with Crippen LogP contribution in [0.25, 0.3) is 0 Å². The van der Waals surface area contributed by atoms with Crippen molar-refractivity contribution in [3.05, 3.63) is 35.3 Å². The molecule has 7 nitrogen and oxygen atoms in total. The van der Waals surface area contributed by atoms with Crippen molar-refractivity contribution in [1.82, 2.24) is 0 Å². The lowest BCUT2D eigenvalue weighted by molar-refractivity contribution is -0.431. The summed E-state index contributed by atoms with van der Waals surface area (Å²) in [4.78, 5) is 25.6. The summed E-state index contributed by atoms with van der Waals surface area (Å²) in [5.74, 6) is -0.397. The van der Waals surface area contributed by atoms with E-state index in [2.05, 4.69) is 36.4 Å². The predicted molar refractivity (Wildman–Crippen MR) is 125 cm³/mol. The lowest BCUT2D eigenvalue weighted by atomic mass is 9.87. The quantitative estimate of drug-likeness (QED) is 0.0699. The lowest BCUT2D eigenvalue weighted by Crippen LogP contribution is -2.20. The molecule has 1 fully saturated rings. The molecule has 0 aliphatic heterocycles. The third-order valence-corrected chi connectivity index (χ3v) is 6.54. The van der Waals surface area contributed by atoms with Crippen molar-refractivity contribution in [3.8, 4) is 0 Å². The van der Waals surface area contributed by atoms with E-state index < -0.39 is 11.9 Å². The monoisotopic (exact) mass is 470 g/mol. The van der Waals surface area contributed by atoms with Crippen LogP contribution in [0.5, 0.6) is 0 Å². The first-order valence-corrected chi connectivity index (χ1v) is 12.3. The number of ether oxygens (including phenoxy) is 2. The summed E-state index contributed by atoms with van der Waals surface area (Å²) in [6.07, 6.45) is 12.0. The third kappa shape index (κ3) is 10.3. The molecule has 1 unspecified atom stereocenters. The Morgan fingerprint density at radius 1 is 1.09 bits per heavy atom. The average Bonchev–Trinajstić information content (AvgIpc) is 2.81. The van der Waals surface area contributed by atoms with Gasteiger partial charge >= 0.3 is 11.9 Å². The van der Waals surface area contributed by atoms with Crippen LogP contribution in [0.3, 0.4) is 0 Å². The molecule has 0 aromatic carbocycles. The van der Waals surface area contributed by atoms with Gasteiger partial charge < -0.3 is 9.47 Å². The zero-order valence-electron chi connectivity index (χ0n) is 19.4. The molecule has 182 valence electrons. The molecule has 0 spiro atoms. The van der Waals surface area contributed by atoms with Crippen molar-refractivity contribution >= 4 is 24.0 Å². The van der Waals surface area contributed by atoms with Gasteiger partial charge in [0.05, 0.1) is 41.3 Å². The van der Waals surface area contributed by atoms with Crippen LogP contribution in [0.2, 0.25) is 0 Å². The van der Waals surface area contributed by atoms with E-state index in [1.807, 2.05) is 0 Å².